The topological polar surface area (TPSA) is 29.9 Å². The molecule has 2 rings (SSSR count). The summed E-state index contributed by atoms with van der Waals surface area (Å²) >= 11 is 0. The van der Waals surface area contributed by atoms with Gasteiger partial charge < -0.3 is 5.32 Å². The summed E-state index contributed by atoms with van der Waals surface area (Å²) in [7, 11) is 1.97. The number of aryl methyl sites for hydroxylation is 1. The third-order valence-electron chi connectivity index (χ3n) is 3.95. The Morgan fingerprint density at radius 3 is 2.82 bits per heavy atom. The number of rotatable bonds is 5. The molecular formula is C14H25N3. The molecule has 17 heavy (non-hydrogen) atoms. The van der Waals surface area contributed by atoms with Gasteiger partial charge in [-0.25, -0.2) is 0 Å². The molecule has 3 heteroatoms. The highest BCUT2D eigenvalue weighted by Crippen LogP contribution is 2.26. The first kappa shape index (κ1) is 12.6. The van der Waals surface area contributed by atoms with Gasteiger partial charge in [-0.2, -0.15) is 5.10 Å². The van der Waals surface area contributed by atoms with E-state index in [0.29, 0.717) is 6.04 Å². The summed E-state index contributed by atoms with van der Waals surface area (Å²) in [5.74, 6) is 0.970. The van der Waals surface area contributed by atoms with Gasteiger partial charge in [0.2, 0.25) is 0 Å². The zero-order chi connectivity index (χ0) is 12.1. The first-order chi connectivity index (χ1) is 8.25. The Morgan fingerprint density at radius 1 is 1.41 bits per heavy atom. The molecule has 0 radical (unpaired) electrons. The average molecular weight is 235 g/mol. The van der Waals surface area contributed by atoms with Crippen molar-refractivity contribution in [3.63, 3.8) is 0 Å². The summed E-state index contributed by atoms with van der Waals surface area (Å²) < 4.78 is 1.87. The van der Waals surface area contributed by atoms with Crippen molar-refractivity contribution in [3.05, 3.63) is 18.0 Å². The zero-order valence-electron chi connectivity index (χ0n) is 11.2. The highest BCUT2D eigenvalue weighted by Gasteiger charge is 2.13. The predicted octanol–water partition coefficient (Wildman–Crippen LogP) is 3.04. The summed E-state index contributed by atoms with van der Waals surface area (Å²) in [6.07, 6.45) is 12.6. The van der Waals surface area contributed by atoms with Gasteiger partial charge in [0.1, 0.15) is 0 Å². The van der Waals surface area contributed by atoms with Crippen LogP contribution in [0.3, 0.4) is 0 Å². The van der Waals surface area contributed by atoms with E-state index in [-0.39, 0.29) is 0 Å². The monoisotopic (exact) mass is 235 g/mol. The van der Waals surface area contributed by atoms with Crippen LogP contribution in [0.5, 0.6) is 0 Å². The molecule has 1 aliphatic rings. The molecule has 0 aromatic carbocycles. The largest absolute Gasteiger partial charge is 0.310 e. The quantitative estimate of drug-likeness (QED) is 0.850. The van der Waals surface area contributed by atoms with Crippen LogP contribution in [0.2, 0.25) is 0 Å². The Morgan fingerprint density at radius 2 is 2.18 bits per heavy atom. The molecule has 1 aromatic heterocycles. The van der Waals surface area contributed by atoms with Crippen molar-refractivity contribution < 1.29 is 0 Å². The van der Waals surface area contributed by atoms with Crippen molar-refractivity contribution in [2.75, 3.05) is 6.54 Å². The highest BCUT2D eigenvalue weighted by atomic mass is 15.2. The standard InChI is InChI=1S/C14H25N3/c1-12(14-10-16-17(2)11-14)15-9-8-13-6-4-3-5-7-13/h10-13,15H,3-9H2,1-2H3. The van der Waals surface area contributed by atoms with Gasteiger partial charge in [-0.15, -0.1) is 0 Å². The molecule has 1 unspecified atom stereocenters. The highest BCUT2D eigenvalue weighted by molar-refractivity contribution is 5.08. The van der Waals surface area contributed by atoms with Crippen molar-refractivity contribution in [1.29, 1.82) is 0 Å². The fourth-order valence-corrected chi connectivity index (χ4v) is 2.76. The Kier molecular flexibility index (Phi) is 4.60. The summed E-state index contributed by atoms with van der Waals surface area (Å²) in [6, 6.07) is 0.423. The summed E-state index contributed by atoms with van der Waals surface area (Å²) in [5, 5.41) is 7.82. The van der Waals surface area contributed by atoms with E-state index in [1.165, 1.54) is 44.1 Å². The van der Waals surface area contributed by atoms with Crippen LogP contribution in [-0.2, 0) is 7.05 Å². The molecule has 1 heterocycles. The molecular weight excluding hydrogens is 210 g/mol. The van der Waals surface area contributed by atoms with Gasteiger partial charge in [0, 0.05) is 24.8 Å². The molecule has 1 N–H and O–H groups in total. The first-order valence-electron chi connectivity index (χ1n) is 6.97. The number of hydrogen-bond acceptors (Lipinski definition) is 2. The second-order valence-corrected chi connectivity index (χ2v) is 5.42. The molecule has 1 aliphatic carbocycles. The number of aromatic nitrogens is 2. The van der Waals surface area contributed by atoms with Crippen LogP contribution in [0.25, 0.3) is 0 Å². The average Bonchev–Trinajstić information content (AvgIpc) is 2.77. The minimum Gasteiger partial charge on any atom is -0.310 e. The van der Waals surface area contributed by atoms with E-state index in [0.717, 1.165) is 12.5 Å². The van der Waals surface area contributed by atoms with Crippen molar-refractivity contribution >= 4 is 0 Å². The van der Waals surface area contributed by atoms with Gasteiger partial charge in [-0.3, -0.25) is 4.68 Å². The second kappa shape index (κ2) is 6.20. The molecule has 0 amide bonds. The van der Waals surface area contributed by atoms with E-state index in [1.54, 1.807) is 0 Å². The third kappa shape index (κ3) is 3.84. The Bertz CT molecular complexity index is 326. The van der Waals surface area contributed by atoms with Gasteiger partial charge in [0.15, 0.2) is 0 Å². The van der Waals surface area contributed by atoms with Crippen LogP contribution in [0.1, 0.15) is 57.1 Å². The predicted molar refractivity (Wildman–Crippen MR) is 70.8 cm³/mol. The zero-order valence-corrected chi connectivity index (χ0v) is 11.2. The summed E-state index contributed by atoms with van der Waals surface area (Å²) in [5.41, 5.74) is 1.29. The maximum Gasteiger partial charge on any atom is 0.0537 e. The molecule has 96 valence electrons. The van der Waals surface area contributed by atoms with Crippen molar-refractivity contribution in [3.8, 4) is 0 Å². The van der Waals surface area contributed by atoms with E-state index < -0.39 is 0 Å². The van der Waals surface area contributed by atoms with Crippen molar-refractivity contribution in [1.82, 2.24) is 15.1 Å². The molecule has 1 atom stereocenters. The molecule has 0 saturated heterocycles. The van der Waals surface area contributed by atoms with Crippen LogP contribution in [0, 0.1) is 5.92 Å². The van der Waals surface area contributed by atoms with Crippen molar-refractivity contribution in [2.24, 2.45) is 13.0 Å². The molecule has 1 aromatic rings. The van der Waals surface area contributed by atoms with E-state index in [9.17, 15) is 0 Å². The van der Waals surface area contributed by atoms with E-state index in [2.05, 4.69) is 23.5 Å². The minimum atomic E-state index is 0.423. The third-order valence-corrected chi connectivity index (χ3v) is 3.95. The Labute approximate surface area is 105 Å². The fourth-order valence-electron chi connectivity index (χ4n) is 2.76. The van der Waals surface area contributed by atoms with Crippen LogP contribution < -0.4 is 5.32 Å². The molecule has 0 aliphatic heterocycles. The lowest BCUT2D eigenvalue weighted by molar-refractivity contribution is 0.329. The molecule has 0 bridgehead atoms. The molecule has 3 nitrogen and oxygen atoms in total. The molecule has 1 saturated carbocycles. The normalized spacial score (nSPS) is 19.4. The Hall–Kier alpha value is -0.830. The van der Waals surface area contributed by atoms with Crippen molar-refractivity contribution in [2.45, 2.75) is 51.5 Å². The van der Waals surface area contributed by atoms with Crippen LogP contribution in [0.15, 0.2) is 12.4 Å². The van der Waals surface area contributed by atoms with Gasteiger partial charge in [-0.1, -0.05) is 32.1 Å². The molecule has 1 fully saturated rings. The van der Waals surface area contributed by atoms with E-state index in [4.69, 9.17) is 0 Å². The lowest BCUT2D eigenvalue weighted by atomic mass is 9.87. The van der Waals surface area contributed by atoms with Crippen LogP contribution in [0.4, 0.5) is 0 Å². The van der Waals surface area contributed by atoms with Gasteiger partial charge in [-0.05, 0) is 25.8 Å². The van der Waals surface area contributed by atoms with Gasteiger partial charge in [0.25, 0.3) is 0 Å². The minimum absolute atomic E-state index is 0.423. The Balaban J connectivity index is 1.67. The first-order valence-corrected chi connectivity index (χ1v) is 6.97. The smallest absolute Gasteiger partial charge is 0.0537 e. The van der Waals surface area contributed by atoms with Crippen LogP contribution in [-0.4, -0.2) is 16.3 Å². The lowest BCUT2D eigenvalue weighted by Gasteiger charge is -2.22. The number of nitrogens with zero attached hydrogens (tertiary/aromatic N) is 2. The molecule has 0 spiro atoms. The van der Waals surface area contributed by atoms with E-state index in [1.807, 2.05) is 17.9 Å². The van der Waals surface area contributed by atoms with Crippen LogP contribution >= 0.6 is 0 Å². The number of nitrogens with one attached hydrogen (secondary N) is 1. The van der Waals surface area contributed by atoms with Gasteiger partial charge >= 0.3 is 0 Å². The second-order valence-electron chi connectivity index (χ2n) is 5.42. The maximum atomic E-state index is 4.21. The lowest BCUT2D eigenvalue weighted by Crippen LogP contribution is -2.22. The number of hydrogen-bond donors (Lipinski definition) is 1. The summed E-state index contributed by atoms with van der Waals surface area (Å²) in [4.78, 5) is 0. The fraction of sp³-hybridized carbons (Fsp3) is 0.786. The maximum absolute atomic E-state index is 4.21. The summed E-state index contributed by atoms with van der Waals surface area (Å²) in [6.45, 7) is 3.36. The van der Waals surface area contributed by atoms with E-state index >= 15 is 0 Å². The van der Waals surface area contributed by atoms with Gasteiger partial charge in [0.05, 0.1) is 6.20 Å². The SMILES string of the molecule is CC(NCCC1CCCCC1)c1cnn(C)c1.